The number of ether oxygens (including phenoxy) is 3. The average molecular weight is 430 g/mol. The van der Waals surface area contributed by atoms with Crippen molar-refractivity contribution in [3.05, 3.63) is 0 Å². The number of hydrogen-bond acceptors (Lipinski definition) is 13. The van der Waals surface area contributed by atoms with E-state index in [-0.39, 0.29) is 26.4 Å². The summed E-state index contributed by atoms with van der Waals surface area (Å²) in [6, 6.07) is 0. The summed E-state index contributed by atoms with van der Waals surface area (Å²) in [6.07, 6.45) is -19.3. The van der Waals surface area contributed by atoms with E-state index in [1.165, 1.54) is 0 Å². The van der Waals surface area contributed by atoms with E-state index in [9.17, 15) is 51.1 Å². The topological polar surface area (TPSA) is 230 Å². The summed E-state index contributed by atoms with van der Waals surface area (Å²) in [6.45, 7) is -0.388. The van der Waals surface area contributed by atoms with E-state index in [1.54, 1.807) is 0 Å². The third-order valence-corrected chi connectivity index (χ3v) is 5.22. The summed E-state index contributed by atoms with van der Waals surface area (Å²) in [5, 5.41) is 96.6. The fourth-order valence-corrected chi connectivity index (χ4v) is 3.38. The van der Waals surface area contributed by atoms with Gasteiger partial charge in [-0.2, -0.15) is 0 Å². The predicted molar refractivity (Wildman–Crippen MR) is 90.4 cm³/mol. The summed E-state index contributed by atoms with van der Waals surface area (Å²) < 4.78 is 15.6. The van der Waals surface area contributed by atoms with Crippen LogP contribution >= 0.6 is 0 Å². The molecule has 0 aromatic rings. The molecule has 13 heteroatoms. The van der Waals surface area contributed by atoms with Gasteiger partial charge in [0.15, 0.2) is 0 Å². The molecular weight excluding hydrogens is 400 g/mol. The molecule has 13 nitrogen and oxygen atoms in total. The highest BCUT2D eigenvalue weighted by Gasteiger charge is 2.49. The SMILES string of the molecule is OC1C(O)[C@@H](O)C(OCCOCCOC2[C@H](O)C(O)C(O)C(O)[C@@H]2O)[C@@H](O)C1O. The zero-order valence-electron chi connectivity index (χ0n) is 15.5. The Labute approximate surface area is 165 Å². The van der Waals surface area contributed by atoms with Crippen molar-refractivity contribution in [3.8, 4) is 0 Å². The lowest BCUT2D eigenvalue weighted by Crippen LogP contribution is -2.64. The van der Waals surface area contributed by atoms with Gasteiger partial charge in [-0.15, -0.1) is 0 Å². The van der Waals surface area contributed by atoms with Crippen molar-refractivity contribution in [3.63, 3.8) is 0 Å². The molecule has 29 heavy (non-hydrogen) atoms. The highest BCUT2D eigenvalue weighted by Crippen LogP contribution is 2.25. The van der Waals surface area contributed by atoms with E-state index >= 15 is 0 Å². The molecule has 0 heterocycles. The molecule has 2 aliphatic carbocycles. The largest absolute Gasteiger partial charge is 0.387 e. The number of rotatable bonds is 8. The number of aliphatic hydroxyl groups is 10. The first-order chi connectivity index (χ1) is 13.6. The molecule has 10 N–H and O–H groups in total. The van der Waals surface area contributed by atoms with Gasteiger partial charge in [0.2, 0.25) is 0 Å². The molecule has 0 saturated heterocycles. The Bertz CT molecular complexity index is 421. The molecular formula is C16H30O13. The van der Waals surface area contributed by atoms with Gasteiger partial charge < -0.3 is 65.3 Å². The van der Waals surface area contributed by atoms with Crippen LogP contribution in [0.5, 0.6) is 0 Å². The zero-order chi connectivity index (χ0) is 21.9. The fourth-order valence-electron chi connectivity index (χ4n) is 3.38. The van der Waals surface area contributed by atoms with Crippen LogP contribution in [0.1, 0.15) is 0 Å². The van der Waals surface area contributed by atoms with Gasteiger partial charge in [0.1, 0.15) is 73.2 Å². The van der Waals surface area contributed by atoms with Gasteiger partial charge in [-0.25, -0.2) is 0 Å². The Kier molecular flexibility index (Phi) is 9.11. The predicted octanol–water partition coefficient (Wildman–Crippen LogP) is -6.59. The van der Waals surface area contributed by atoms with Crippen LogP contribution in [-0.2, 0) is 14.2 Å². The molecule has 0 aromatic heterocycles. The first kappa shape index (κ1) is 24.7. The first-order valence-electron chi connectivity index (χ1n) is 9.21. The normalized spacial score (nSPS) is 48.6. The van der Waals surface area contributed by atoms with Crippen LogP contribution in [0.4, 0.5) is 0 Å². The van der Waals surface area contributed by atoms with E-state index in [2.05, 4.69) is 0 Å². The van der Waals surface area contributed by atoms with Crippen LogP contribution in [0.25, 0.3) is 0 Å². The maximum absolute atomic E-state index is 9.82. The van der Waals surface area contributed by atoms with Crippen molar-refractivity contribution in [2.24, 2.45) is 0 Å². The highest BCUT2D eigenvalue weighted by atomic mass is 16.6. The summed E-state index contributed by atoms with van der Waals surface area (Å²) >= 11 is 0. The van der Waals surface area contributed by atoms with Crippen LogP contribution in [-0.4, -0.2) is 151 Å². The van der Waals surface area contributed by atoms with Crippen molar-refractivity contribution in [2.45, 2.75) is 73.2 Å². The van der Waals surface area contributed by atoms with E-state index in [1.807, 2.05) is 0 Å². The minimum absolute atomic E-state index is 0.0478. The molecule has 2 saturated carbocycles. The average Bonchev–Trinajstić information content (AvgIpc) is 2.71. The maximum Gasteiger partial charge on any atom is 0.115 e. The Morgan fingerprint density at radius 3 is 0.862 bits per heavy atom. The lowest BCUT2D eigenvalue weighted by molar-refractivity contribution is -0.240. The number of hydrogen-bond donors (Lipinski definition) is 10. The smallest absolute Gasteiger partial charge is 0.115 e. The number of aliphatic hydroxyl groups excluding tert-OH is 10. The lowest BCUT2D eigenvalue weighted by Gasteiger charge is -2.41. The molecule has 12 atom stereocenters. The minimum atomic E-state index is -1.71. The second-order valence-corrected chi connectivity index (χ2v) is 7.19. The second kappa shape index (κ2) is 10.7. The molecule has 0 amide bonds. The van der Waals surface area contributed by atoms with Gasteiger partial charge in [0, 0.05) is 0 Å². The summed E-state index contributed by atoms with van der Waals surface area (Å²) in [5.74, 6) is 0. The quantitative estimate of drug-likeness (QED) is 0.162. The van der Waals surface area contributed by atoms with Crippen LogP contribution in [0.3, 0.4) is 0 Å². The summed E-state index contributed by atoms with van der Waals surface area (Å²) in [7, 11) is 0. The van der Waals surface area contributed by atoms with Crippen molar-refractivity contribution < 1.29 is 65.3 Å². The van der Waals surface area contributed by atoms with Gasteiger partial charge in [-0.1, -0.05) is 0 Å². The Morgan fingerprint density at radius 1 is 0.345 bits per heavy atom. The fraction of sp³-hybridized carbons (Fsp3) is 1.00. The molecule has 0 radical (unpaired) electrons. The molecule has 2 fully saturated rings. The van der Waals surface area contributed by atoms with Crippen molar-refractivity contribution >= 4 is 0 Å². The summed E-state index contributed by atoms with van der Waals surface area (Å²) in [5.41, 5.74) is 0. The molecule has 0 spiro atoms. The standard InChI is InChI=1S/C16H30O13/c17-5-7(19)11(23)15(12(24)8(5)20)28-3-1-27-2-4-29-16-13(25)9(21)6(18)10(22)14(16)26/h5-26H,1-4H2/t5?,6?,7?,8?,9?,10?,11-,12+,13-,14+,15?,16?. The Morgan fingerprint density at radius 2 is 0.586 bits per heavy atom. The minimum Gasteiger partial charge on any atom is -0.387 e. The van der Waals surface area contributed by atoms with E-state index in [0.717, 1.165) is 0 Å². The van der Waals surface area contributed by atoms with Crippen LogP contribution in [0.15, 0.2) is 0 Å². The highest BCUT2D eigenvalue weighted by molar-refractivity contribution is 5.00. The Hall–Kier alpha value is -0.520. The molecule has 0 aromatic carbocycles. The molecule has 2 aliphatic rings. The van der Waals surface area contributed by atoms with Gasteiger partial charge in [-0.3, -0.25) is 0 Å². The third-order valence-electron chi connectivity index (χ3n) is 5.22. The van der Waals surface area contributed by atoms with Crippen LogP contribution in [0.2, 0.25) is 0 Å². The van der Waals surface area contributed by atoms with Crippen LogP contribution < -0.4 is 0 Å². The van der Waals surface area contributed by atoms with Gasteiger partial charge in [-0.05, 0) is 0 Å². The van der Waals surface area contributed by atoms with E-state index in [0.29, 0.717) is 0 Å². The van der Waals surface area contributed by atoms with Crippen molar-refractivity contribution in [1.29, 1.82) is 0 Å². The second-order valence-electron chi connectivity index (χ2n) is 7.19. The molecule has 0 bridgehead atoms. The van der Waals surface area contributed by atoms with Gasteiger partial charge in [0.05, 0.1) is 26.4 Å². The Balaban J connectivity index is 1.66. The molecule has 0 aliphatic heterocycles. The van der Waals surface area contributed by atoms with E-state index in [4.69, 9.17) is 14.2 Å². The van der Waals surface area contributed by atoms with Crippen molar-refractivity contribution in [2.75, 3.05) is 26.4 Å². The van der Waals surface area contributed by atoms with E-state index < -0.39 is 73.2 Å². The molecule has 172 valence electrons. The van der Waals surface area contributed by atoms with Gasteiger partial charge >= 0.3 is 0 Å². The van der Waals surface area contributed by atoms with Gasteiger partial charge in [0.25, 0.3) is 0 Å². The first-order valence-corrected chi connectivity index (χ1v) is 9.21. The molecule has 2 rings (SSSR count). The lowest BCUT2D eigenvalue weighted by atomic mass is 9.85. The molecule has 8 unspecified atom stereocenters. The van der Waals surface area contributed by atoms with Crippen molar-refractivity contribution in [1.82, 2.24) is 0 Å². The maximum atomic E-state index is 9.82. The third kappa shape index (κ3) is 5.40. The zero-order valence-corrected chi connectivity index (χ0v) is 15.5. The monoisotopic (exact) mass is 430 g/mol. The van der Waals surface area contributed by atoms with Crippen LogP contribution in [0, 0.1) is 0 Å². The summed E-state index contributed by atoms with van der Waals surface area (Å²) in [4.78, 5) is 0.